The summed E-state index contributed by atoms with van der Waals surface area (Å²) in [6.07, 6.45) is 1.51. The average Bonchev–Trinajstić information content (AvgIpc) is 3.38. The van der Waals surface area contributed by atoms with E-state index in [0.29, 0.717) is 39.4 Å². The summed E-state index contributed by atoms with van der Waals surface area (Å²) in [7, 11) is 0. The van der Waals surface area contributed by atoms with Gasteiger partial charge in [0.2, 0.25) is 5.91 Å². The molecule has 2 aliphatic rings. The number of morpholine rings is 1. The average molecular weight is 441 g/mol. The van der Waals surface area contributed by atoms with Gasteiger partial charge in [0.15, 0.2) is 11.8 Å². The van der Waals surface area contributed by atoms with E-state index in [1.165, 1.54) is 6.33 Å². The second kappa shape index (κ2) is 11.1. The normalized spacial score (nSPS) is 18.1. The highest BCUT2D eigenvalue weighted by molar-refractivity contribution is 5.80. The van der Waals surface area contributed by atoms with Crippen LogP contribution in [0.15, 0.2) is 35.6 Å². The van der Waals surface area contributed by atoms with Crippen LogP contribution in [0, 0.1) is 0 Å². The minimum atomic E-state index is 0.203. The Bertz CT molecular complexity index is 887. The van der Waals surface area contributed by atoms with Crippen molar-refractivity contribution in [2.24, 2.45) is 4.99 Å². The summed E-state index contributed by atoms with van der Waals surface area (Å²) in [4.78, 5) is 28.0. The Morgan fingerprint density at radius 3 is 2.69 bits per heavy atom. The Balaban J connectivity index is 1.32. The number of aliphatic imine (C=N–C) groups is 1. The number of rotatable bonds is 6. The van der Waals surface area contributed by atoms with E-state index >= 15 is 0 Å². The largest absolute Gasteiger partial charge is 0.378 e. The van der Waals surface area contributed by atoms with Gasteiger partial charge in [0.1, 0.15) is 6.33 Å². The first-order chi connectivity index (χ1) is 15.7. The standard InChI is InChI=1S/C22H32N8O2/c1-2-23-22(24-15-18-4-3-5-19(14-18)21-25-17-26-27-21)30-8-6-28(7-9-30)16-20(31)29-10-12-32-13-11-29/h3-5,14,17H,2,6-13,15-16H2,1H3,(H,23,24)(H,25,26,27). The SMILES string of the molecule is CCNC(=NCc1cccc(-c2ncn[nH]2)c1)N1CCN(CC(=O)N2CCOCC2)CC1. The number of ether oxygens (including phenoxy) is 1. The molecule has 0 unspecified atom stereocenters. The van der Waals surface area contributed by atoms with Crippen molar-refractivity contribution in [3.05, 3.63) is 36.2 Å². The van der Waals surface area contributed by atoms with Gasteiger partial charge in [0.25, 0.3) is 0 Å². The molecule has 172 valence electrons. The molecule has 0 aliphatic carbocycles. The molecule has 10 nitrogen and oxygen atoms in total. The second-order valence-electron chi connectivity index (χ2n) is 7.96. The highest BCUT2D eigenvalue weighted by Gasteiger charge is 2.24. The lowest BCUT2D eigenvalue weighted by Gasteiger charge is -2.37. The predicted molar refractivity (Wildman–Crippen MR) is 122 cm³/mol. The first-order valence-corrected chi connectivity index (χ1v) is 11.3. The molecule has 2 aliphatic heterocycles. The lowest BCUT2D eigenvalue weighted by molar-refractivity contribution is -0.136. The summed E-state index contributed by atoms with van der Waals surface area (Å²) >= 11 is 0. The van der Waals surface area contributed by atoms with Crippen LogP contribution in [0.4, 0.5) is 0 Å². The number of nitrogens with zero attached hydrogens (tertiary/aromatic N) is 6. The van der Waals surface area contributed by atoms with Gasteiger partial charge in [-0.15, -0.1) is 0 Å². The highest BCUT2D eigenvalue weighted by atomic mass is 16.5. The maximum absolute atomic E-state index is 12.5. The Morgan fingerprint density at radius 2 is 1.97 bits per heavy atom. The summed E-state index contributed by atoms with van der Waals surface area (Å²) < 4.78 is 5.34. The summed E-state index contributed by atoms with van der Waals surface area (Å²) in [5.74, 6) is 1.87. The minimum absolute atomic E-state index is 0.203. The van der Waals surface area contributed by atoms with E-state index in [2.05, 4.69) is 49.4 Å². The zero-order valence-corrected chi connectivity index (χ0v) is 18.7. The number of carbonyl (C=O) groups is 1. The Hall–Kier alpha value is -2.98. The summed E-state index contributed by atoms with van der Waals surface area (Å²) in [5.41, 5.74) is 2.11. The van der Waals surface area contributed by atoms with Crippen LogP contribution in [0.2, 0.25) is 0 Å². The molecule has 2 N–H and O–H groups in total. The van der Waals surface area contributed by atoms with E-state index in [1.807, 2.05) is 17.0 Å². The maximum atomic E-state index is 12.5. The van der Waals surface area contributed by atoms with Crippen LogP contribution >= 0.6 is 0 Å². The topological polar surface area (TPSA) is 102 Å². The van der Waals surface area contributed by atoms with Gasteiger partial charge in [-0.25, -0.2) is 9.98 Å². The molecule has 10 heteroatoms. The number of amides is 1. The summed E-state index contributed by atoms with van der Waals surface area (Å²) in [5, 5.41) is 10.2. The van der Waals surface area contributed by atoms with Crippen molar-refractivity contribution in [3.8, 4) is 11.4 Å². The van der Waals surface area contributed by atoms with Crippen LogP contribution in [-0.2, 0) is 16.1 Å². The van der Waals surface area contributed by atoms with Crippen LogP contribution in [0.1, 0.15) is 12.5 Å². The van der Waals surface area contributed by atoms with Crippen LogP contribution in [-0.4, -0.2) is 107 Å². The molecule has 0 radical (unpaired) electrons. The molecule has 1 aromatic carbocycles. The van der Waals surface area contributed by atoms with Crippen molar-refractivity contribution in [1.29, 1.82) is 0 Å². The van der Waals surface area contributed by atoms with Crippen LogP contribution in [0.5, 0.6) is 0 Å². The molecule has 1 aromatic heterocycles. The molecule has 3 heterocycles. The lowest BCUT2D eigenvalue weighted by Crippen LogP contribution is -2.54. The van der Waals surface area contributed by atoms with Crippen molar-refractivity contribution < 1.29 is 9.53 Å². The molecular weight excluding hydrogens is 408 g/mol. The van der Waals surface area contributed by atoms with E-state index < -0.39 is 0 Å². The van der Waals surface area contributed by atoms with E-state index in [4.69, 9.17) is 9.73 Å². The number of hydrogen-bond acceptors (Lipinski definition) is 6. The quantitative estimate of drug-likeness (QED) is 0.496. The molecule has 0 atom stereocenters. The smallest absolute Gasteiger partial charge is 0.236 e. The minimum Gasteiger partial charge on any atom is -0.378 e. The number of benzene rings is 1. The van der Waals surface area contributed by atoms with Gasteiger partial charge in [0, 0.05) is 51.4 Å². The molecule has 2 aromatic rings. The third kappa shape index (κ3) is 5.83. The predicted octanol–water partition coefficient (Wildman–Crippen LogP) is 0.414. The number of guanidine groups is 1. The molecule has 2 saturated heterocycles. The van der Waals surface area contributed by atoms with Gasteiger partial charge in [-0.05, 0) is 18.6 Å². The van der Waals surface area contributed by atoms with Crippen molar-refractivity contribution >= 4 is 11.9 Å². The van der Waals surface area contributed by atoms with Crippen molar-refractivity contribution in [2.75, 3.05) is 65.6 Å². The summed E-state index contributed by atoms with van der Waals surface area (Å²) in [6.45, 7) is 10.0. The lowest BCUT2D eigenvalue weighted by atomic mass is 10.1. The number of aromatic amines is 1. The Labute approximate surface area is 188 Å². The maximum Gasteiger partial charge on any atom is 0.236 e. The number of nitrogens with one attached hydrogen (secondary N) is 2. The molecule has 0 bridgehead atoms. The molecule has 1 amide bonds. The molecule has 32 heavy (non-hydrogen) atoms. The fourth-order valence-corrected chi connectivity index (χ4v) is 3.98. The van der Waals surface area contributed by atoms with E-state index in [0.717, 1.165) is 55.6 Å². The fraction of sp³-hybridized carbons (Fsp3) is 0.545. The zero-order chi connectivity index (χ0) is 22.2. The number of piperazine rings is 1. The molecule has 4 rings (SSSR count). The molecule has 0 saturated carbocycles. The Kier molecular flexibility index (Phi) is 7.68. The number of carbonyl (C=O) groups excluding carboxylic acids is 1. The van der Waals surface area contributed by atoms with Crippen LogP contribution in [0.3, 0.4) is 0 Å². The second-order valence-corrected chi connectivity index (χ2v) is 7.96. The van der Waals surface area contributed by atoms with Gasteiger partial charge in [0.05, 0.1) is 26.3 Å². The fourth-order valence-electron chi connectivity index (χ4n) is 3.98. The van der Waals surface area contributed by atoms with Crippen LogP contribution in [0.25, 0.3) is 11.4 Å². The van der Waals surface area contributed by atoms with Gasteiger partial charge in [-0.2, -0.15) is 5.10 Å². The van der Waals surface area contributed by atoms with Gasteiger partial charge in [-0.1, -0.05) is 18.2 Å². The van der Waals surface area contributed by atoms with Gasteiger partial charge >= 0.3 is 0 Å². The number of hydrogen-bond donors (Lipinski definition) is 2. The van der Waals surface area contributed by atoms with Gasteiger partial charge < -0.3 is 19.9 Å². The van der Waals surface area contributed by atoms with E-state index in [9.17, 15) is 4.79 Å². The van der Waals surface area contributed by atoms with Crippen molar-refractivity contribution in [3.63, 3.8) is 0 Å². The van der Waals surface area contributed by atoms with E-state index in [1.54, 1.807) is 0 Å². The number of H-pyrrole nitrogens is 1. The highest BCUT2D eigenvalue weighted by Crippen LogP contribution is 2.16. The van der Waals surface area contributed by atoms with Crippen molar-refractivity contribution in [1.82, 2.24) is 35.2 Å². The van der Waals surface area contributed by atoms with Crippen LogP contribution < -0.4 is 5.32 Å². The first kappa shape index (κ1) is 22.2. The van der Waals surface area contributed by atoms with E-state index in [-0.39, 0.29) is 5.91 Å². The van der Waals surface area contributed by atoms with Crippen molar-refractivity contribution in [2.45, 2.75) is 13.5 Å². The third-order valence-corrected chi connectivity index (χ3v) is 5.76. The third-order valence-electron chi connectivity index (χ3n) is 5.76. The monoisotopic (exact) mass is 440 g/mol. The number of aromatic nitrogens is 3. The molecule has 2 fully saturated rings. The molecular formula is C22H32N8O2. The Morgan fingerprint density at radius 1 is 1.16 bits per heavy atom. The molecule has 0 spiro atoms. The zero-order valence-electron chi connectivity index (χ0n) is 18.7. The summed E-state index contributed by atoms with van der Waals surface area (Å²) in [6, 6.07) is 8.18. The first-order valence-electron chi connectivity index (χ1n) is 11.3. The van der Waals surface area contributed by atoms with Gasteiger partial charge in [-0.3, -0.25) is 14.8 Å².